The first-order chi connectivity index (χ1) is 22.0. The van der Waals surface area contributed by atoms with E-state index in [2.05, 4.69) is 20.7 Å². The van der Waals surface area contributed by atoms with Crippen LogP contribution in [-0.2, 0) is 23.9 Å². The molecule has 47 heavy (non-hydrogen) atoms. The molecule has 1 saturated carbocycles. The Morgan fingerprint density at radius 1 is 0.936 bits per heavy atom. The molecule has 2 aliphatic carbocycles. The molecular weight excluding hydrogens is 750 g/mol. The number of halogens is 8. The van der Waals surface area contributed by atoms with Gasteiger partial charge >= 0.3 is 6.09 Å². The predicted octanol–water partition coefficient (Wildman–Crippen LogP) is 5.19. The Morgan fingerprint density at radius 2 is 1.53 bits per heavy atom. The van der Waals surface area contributed by atoms with Crippen LogP contribution in [0.25, 0.3) is 0 Å². The minimum absolute atomic E-state index is 0.0112. The fourth-order valence-electron chi connectivity index (χ4n) is 7.13. The summed E-state index contributed by atoms with van der Waals surface area (Å²) in [5, 5.41) is 10.5. The van der Waals surface area contributed by atoms with Crippen LogP contribution in [0.1, 0.15) is 24.3 Å². The third kappa shape index (κ3) is 4.09. The van der Waals surface area contributed by atoms with Crippen molar-refractivity contribution in [3.63, 3.8) is 0 Å². The summed E-state index contributed by atoms with van der Waals surface area (Å²) in [7, 11) is 2.12. The quantitative estimate of drug-likeness (QED) is 0.113. The monoisotopic (exact) mass is 766 g/mol. The molecular formula is C29H18BrCl2F5N2O8. The van der Waals surface area contributed by atoms with Crippen LogP contribution in [0, 0.1) is 46.8 Å². The lowest BCUT2D eigenvalue weighted by molar-refractivity contribution is -0.138. The molecule has 2 aromatic carbocycles. The summed E-state index contributed by atoms with van der Waals surface area (Å²) in [6.07, 6.45) is -0.794. The number of rotatable bonds is 3. The van der Waals surface area contributed by atoms with Crippen LogP contribution >= 0.6 is 39.1 Å². The maximum atomic E-state index is 15.1. The summed E-state index contributed by atoms with van der Waals surface area (Å²) in [6, 6.07) is 2.45. The number of hydrogen-bond acceptors (Lipinski definition) is 8. The first-order valence-corrected chi connectivity index (χ1v) is 15.0. The first kappa shape index (κ1) is 33.2. The minimum atomic E-state index is -2.78. The number of anilines is 1. The molecule has 4 aliphatic rings. The number of hydrogen-bond donors (Lipinski definition) is 1. The van der Waals surface area contributed by atoms with Gasteiger partial charge in [-0.1, -0.05) is 11.6 Å². The zero-order chi connectivity index (χ0) is 34.7. The second kappa shape index (κ2) is 10.9. The summed E-state index contributed by atoms with van der Waals surface area (Å²) in [6.45, 7) is 0. The number of aromatic hydroxyl groups is 1. The van der Waals surface area contributed by atoms with Gasteiger partial charge in [-0.3, -0.25) is 19.2 Å². The van der Waals surface area contributed by atoms with Crippen LogP contribution in [-0.4, -0.2) is 63.7 Å². The zero-order valence-electron chi connectivity index (χ0n) is 23.7. The van der Waals surface area contributed by atoms with E-state index >= 15 is 8.78 Å². The molecule has 6 atom stereocenters. The summed E-state index contributed by atoms with van der Waals surface area (Å²) >= 11 is 17.2. The lowest BCUT2D eigenvalue weighted by Crippen LogP contribution is -2.60. The van der Waals surface area contributed by atoms with Crippen LogP contribution in [0.5, 0.6) is 11.5 Å². The molecule has 10 nitrogen and oxygen atoms in total. The van der Waals surface area contributed by atoms with E-state index < -0.39 is 110 Å². The number of phenols is 1. The maximum Gasteiger partial charge on any atom is 0.423 e. The molecule has 2 saturated heterocycles. The minimum Gasteiger partial charge on any atom is -0.503 e. The number of imide groups is 4. The number of alkyl halides is 2. The molecule has 0 spiro atoms. The highest BCUT2D eigenvalue weighted by atomic mass is 79.9. The van der Waals surface area contributed by atoms with Gasteiger partial charge in [0.05, 0.1) is 30.5 Å². The van der Waals surface area contributed by atoms with Gasteiger partial charge in [0.15, 0.2) is 44.5 Å². The number of ether oxygens (including phenoxy) is 2. The summed E-state index contributed by atoms with van der Waals surface area (Å²) in [4.78, 5) is 62.0. The lowest BCUT2D eigenvalue weighted by Gasteiger charge is -2.50. The van der Waals surface area contributed by atoms with E-state index in [9.17, 15) is 42.3 Å². The van der Waals surface area contributed by atoms with Crippen molar-refractivity contribution < 1.29 is 60.5 Å². The van der Waals surface area contributed by atoms with Crippen molar-refractivity contribution in [1.82, 2.24) is 4.90 Å². The molecule has 248 valence electrons. The van der Waals surface area contributed by atoms with Crippen LogP contribution in [0.15, 0.2) is 28.3 Å². The SMILES string of the molecule is COC(=O)N1C(=O)C2CC=C3C(CC4(Cl)C(=O)N(c5c(F)c(F)c(F)c(F)c5F)C(=O)C4(Cl)C3c3cc(Br)c(O)c(OC)c3)C2C1=O. The number of phenolic OH excluding ortho intramolecular Hbond substituents is 1. The van der Waals surface area contributed by atoms with Crippen molar-refractivity contribution in [2.24, 2.45) is 17.8 Å². The number of allylic oxidation sites excluding steroid dienone is 2. The van der Waals surface area contributed by atoms with Crippen LogP contribution in [0.2, 0.25) is 0 Å². The molecule has 0 aromatic heterocycles. The van der Waals surface area contributed by atoms with Crippen molar-refractivity contribution >= 4 is 74.5 Å². The van der Waals surface area contributed by atoms with E-state index in [1.165, 1.54) is 25.3 Å². The Bertz CT molecular complexity index is 1870. The number of fused-ring (bicyclic) bond motifs is 4. The molecule has 18 heteroatoms. The van der Waals surface area contributed by atoms with E-state index in [1.54, 1.807) is 0 Å². The highest BCUT2D eigenvalue weighted by Gasteiger charge is 2.77. The zero-order valence-corrected chi connectivity index (χ0v) is 26.8. The Morgan fingerprint density at radius 3 is 2.11 bits per heavy atom. The van der Waals surface area contributed by atoms with Crippen molar-refractivity contribution in [3.8, 4) is 11.5 Å². The van der Waals surface area contributed by atoms with Gasteiger partial charge in [-0.15, -0.1) is 23.2 Å². The van der Waals surface area contributed by atoms with E-state index in [1.807, 2.05) is 0 Å². The van der Waals surface area contributed by atoms with Gasteiger partial charge < -0.3 is 14.6 Å². The van der Waals surface area contributed by atoms with Crippen molar-refractivity contribution in [1.29, 1.82) is 0 Å². The Labute approximate surface area is 279 Å². The highest BCUT2D eigenvalue weighted by Crippen LogP contribution is 2.66. The predicted molar refractivity (Wildman–Crippen MR) is 153 cm³/mol. The van der Waals surface area contributed by atoms with Gasteiger partial charge in [-0.2, -0.15) is 4.90 Å². The average molecular weight is 768 g/mol. The van der Waals surface area contributed by atoms with E-state index in [4.69, 9.17) is 27.9 Å². The standard InChI is InChI=1S/C29H18BrCl2F5N2O8/c1-46-13-6-8(5-12(30)22(13)40)15-9-3-4-10-14(24(42)39(23(10)41)27(45)47-2)11(9)7-28(31)25(43)38(26(44)29(15,28)32)21-19(36)17(34)16(33)18(35)20(21)37/h3,5-6,10-11,14-15,40H,4,7H2,1-2H3. The number of carbonyl (C=O) groups is 5. The third-order valence-electron chi connectivity index (χ3n) is 9.18. The molecule has 0 bridgehead atoms. The summed E-state index contributed by atoms with van der Waals surface area (Å²) in [5.41, 5.74) is -1.80. The fraction of sp³-hybridized carbons (Fsp3) is 0.345. The van der Waals surface area contributed by atoms with E-state index in [0.717, 1.165) is 7.11 Å². The molecule has 6 unspecified atom stereocenters. The number of amides is 5. The molecule has 2 aromatic rings. The Hall–Kier alpha value is -3.76. The third-order valence-corrected chi connectivity index (χ3v) is 11.2. The molecule has 2 heterocycles. The number of nitrogens with zero attached hydrogens (tertiary/aromatic N) is 2. The van der Waals surface area contributed by atoms with Crippen LogP contribution in [0.4, 0.5) is 32.4 Å². The van der Waals surface area contributed by atoms with Gasteiger partial charge in [0, 0.05) is 5.92 Å². The second-order valence-electron chi connectivity index (χ2n) is 11.2. The van der Waals surface area contributed by atoms with Gasteiger partial charge in [-0.05, 0) is 52.4 Å². The van der Waals surface area contributed by atoms with Gasteiger partial charge in [0.25, 0.3) is 11.8 Å². The smallest absolute Gasteiger partial charge is 0.423 e. The first-order valence-electron chi connectivity index (χ1n) is 13.5. The van der Waals surface area contributed by atoms with E-state index in [0.29, 0.717) is 0 Å². The maximum absolute atomic E-state index is 15.1. The van der Waals surface area contributed by atoms with Gasteiger partial charge in [-0.25, -0.2) is 31.6 Å². The van der Waals surface area contributed by atoms with Crippen molar-refractivity contribution in [3.05, 3.63) is 62.9 Å². The molecule has 3 fully saturated rings. The Balaban J connectivity index is 1.62. The molecule has 5 amide bonds. The molecule has 0 radical (unpaired) electrons. The van der Waals surface area contributed by atoms with Crippen molar-refractivity contribution in [2.75, 3.05) is 19.1 Å². The molecule has 1 N–H and O–H groups in total. The fourth-order valence-corrected chi connectivity index (χ4v) is 8.52. The van der Waals surface area contributed by atoms with Gasteiger partial charge in [0.2, 0.25) is 17.6 Å². The largest absolute Gasteiger partial charge is 0.503 e. The molecule has 6 rings (SSSR count). The number of likely N-dealkylation sites (tertiary alicyclic amines) is 1. The Kier molecular flexibility index (Phi) is 7.68. The van der Waals surface area contributed by atoms with Gasteiger partial charge in [0.1, 0.15) is 5.69 Å². The van der Waals surface area contributed by atoms with Crippen LogP contribution in [0.3, 0.4) is 0 Å². The normalized spacial score (nSPS) is 29.9. The second-order valence-corrected chi connectivity index (χ2v) is 13.3. The highest BCUT2D eigenvalue weighted by molar-refractivity contribution is 9.10. The number of carbonyl (C=O) groups excluding carboxylic acids is 5. The number of benzene rings is 2. The lowest BCUT2D eigenvalue weighted by atomic mass is 9.56. The number of methoxy groups -OCH3 is 2. The summed E-state index contributed by atoms with van der Waals surface area (Å²) < 4.78 is 82.6. The molecule has 2 aliphatic heterocycles. The average Bonchev–Trinajstić information content (AvgIpc) is 3.38. The topological polar surface area (TPSA) is 131 Å². The summed E-state index contributed by atoms with van der Waals surface area (Å²) in [5.74, 6) is -23.8. The van der Waals surface area contributed by atoms with Crippen LogP contribution < -0.4 is 9.64 Å². The van der Waals surface area contributed by atoms with Crippen molar-refractivity contribution in [2.45, 2.75) is 28.5 Å². The van der Waals surface area contributed by atoms with E-state index in [-0.39, 0.29) is 37.6 Å².